The first-order valence-electron chi connectivity index (χ1n) is 9.32. The number of aromatic carboxylic acids is 1. The van der Waals surface area contributed by atoms with E-state index >= 15 is 0 Å². The highest BCUT2D eigenvalue weighted by atomic mass is 32.2. The molecule has 1 heterocycles. The molecule has 0 unspecified atom stereocenters. The predicted octanol–water partition coefficient (Wildman–Crippen LogP) is 2.23. The molecule has 0 aliphatic carbocycles. The molecule has 2 aromatic carbocycles. The van der Waals surface area contributed by atoms with Crippen LogP contribution in [0.25, 0.3) is 6.08 Å². The first-order valence-corrected chi connectivity index (χ1v) is 10.1. The van der Waals surface area contributed by atoms with Crippen LogP contribution in [0.2, 0.25) is 0 Å². The van der Waals surface area contributed by atoms with Crippen LogP contribution in [0.5, 0.6) is 5.75 Å². The Bertz CT molecular complexity index is 1050. The standard InChI is InChI=1S/C22H19NO7S/c1-2-29-19(24)12-23-20(25)18(31-22(23)28)11-16-5-3-4-6-17(16)30-13-14-7-9-15(10-8-14)21(26)27/h3-11H,2,12-13H2,1H3,(H,26,27)/p-1/b18-11+. The number of nitrogens with zero attached hydrogens (tertiary/aromatic N) is 1. The number of esters is 1. The molecule has 8 nitrogen and oxygen atoms in total. The van der Waals surface area contributed by atoms with Crippen molar-refractivity contribution in [1.82, 2.24) is 4.90 Å². The summed E-state index contributed by atoms with van der Waals surface area (Å²) in [4.78, 5) is 48.2. The van der Waals surface area contributed by atoms with E-state index in [1.807, 2.05) is 0 Å². The van der Waals surface area contributed by atoms with Gasteiger partial charge in [0, 0.05) is 5.56 Å². The summed E-state index contributed by atoms with van der Waals surface area (Å²) in [6.07, 6.45) is 1.53. The molecule has 31 heavy (non-hydrogen) atoms. The molecule has 0 saturated carbocycles. The molecule has 9 heteroatoms. The van der Waals surface area contributed by atoms with Crippen molar-refractivity contribution in [3.05, 3.63) is 70.1 Å². The van der Waals surface area contributed by atoms with Crippen molar-refractivity contribution in [1.29, 1.82) is 0 Å². The zero-order valence-electron chi connectivity index (χ0n) is 16.5. The minimum absolute atomic E-state index is 0.0719. The number of hydrogen-bond acceptors (Lipinski definition) is 8. The lowest BCUT2D eigenvalue weighted by Crippen LogP contribution is -2.34. The smallest absolute Gasteiger partial charge is 0.326 e. The second kappa shape index (κ2) is 9.94. The lowest BCUT2D eigenvalue weighted by molar-refractivity contribution is -0.255. The number of carboxylic acids is 1. The van der Waals surface area contributed by atoms with Gasteiger partial charge in [-0.3, -0.25) is 19.3 Å². The van der Waals surface area contributed by atoms with Crippen molar-refractivity contribution >= 4 is 40.9 Å². The third kappa shape index (κ3) is 5.52. The zero-order valence-corrected chi connectivity index (χ0v) is 17.3. The van der Waals surface area contributed by atoms with Crippen molar-refractivity contribution in [2.24, 2.45) is 0 Å². The molecule has 1 saturated heterocycles. The topological polar surface area (TPSA) is 113 Å². The maximum absolute atomic E-state index is 12.6. The van der Waals surface area contributed by atoms with Crippen LogP contribution in [0, 0.1) is 0 Å². The first kappa shape index (κ1) is 22.1. The molecule has 2 amide bonds. The van der Waals surface area contributed by atoms with Gasteiger partial charge in [-0.15, -0.1) is 0 Å². The van der Waals surface area contributed by atoms with Gasteiger partial charge in [0.15, 0.2) is 0 Å². The van der Waals surface area contributed by atoms with Gasteiger partial charge in [-0.1, -0.05) is 42.5 Å². The number of para-hydroxylation sites is 1. The van der Waals surface area contributed by atoms with Crippen LogP contribution in [0.1, 0.15) is 28.4 Å². The van der Waals surface area contributed by atoms with Crippen molar-refractivity contribution in [2.45, 2.75) is 13.5 Å². The molecule has 0 radical (unpaired) electrons. The quantitative estimate of drug-likeness (QED) is 0.454. The average Bonchev–Trinajstić information content (AvgIpc) is 3.01. The third-order valence-electron chi connectivity index (χ3n) is 4.26. The summed E-state index contributed by atoms with van der Waals surface area (Å²) in [7, 11) is 0. The Morgan fingerprint density at radius 1 is 1.10 bits per heavy atom. The van der Waals surface area contributed by atoms with Crippen molar-refractivity contribution in [2.75, 3.05) is 13.2 Å². The minimum atomic E-state index is -1.25. The lowest BCUT2D eigenvalue weighted by Gasteiger charge is -2.11. The fourth-order valence-electron chi connectivity index (χ4n) is 2.74. The molecular formula is C22H18NO7S-. The van der Waals surface area contributed by atoms with Crippen molar-refractivity contribution in [3.63, 3.8) is 0 Å². The zero-order chi connectivity index (χ0) is 22.4. The maximum Gasteiger partial charge on any atom is 0.326 e. The fourth-order valence-corrected chi connectivity index (χ4v) is 3.57. The highest BCUT2D eigenvalue weighted by Crippen LogP contribution is 2.34. The number of imide groups is 1. The van der Waals surface area contributed by atoms with E-state index in [1.165, 1.54) is 18.2 Å². The number of rotatable bonds is 8. The Labute approximate surface area is 182 Å². The van der Waals surface area contributed by atoms with Crippen LogP contribution in [0.15, 0.2) is 53.4 Å². The molecule has 0 aromatic heterocycles. The number of carbonyl (C=O) groups excluding carboxylic acids is 4. The molecule has 3 rings (SSSR count). The number of carboxylic acid groups (broad SMARTS) is 1. The molecular weight excluding hydrogens is 422 g/mol. The van der Waals surface area contributed by atoms with E-state index in [0.29, 0.717) is 11.3 Å². The van der Waals surface area contributed by atoms with Gasteiger partial charge in [0.25, 0.3) is 11.1 Å². The summed E-state index contributed by atoms with van der Waals surface area (Å²) in [5.74, 6) is -2.01. The summed E-state index contributed by atoms with van der Waals surface area (Å²) in [5, 5.41) is 10.3. The Morgan fingerprint density at radius 2 is 1.81 bits per heavy atom. The highest BCUT2D eigenvalue weighted by molar-refractivity contribution is 8.18. The van der Waals surface area contributed by atoms with Crippen LogP contribution >= 0.6 is 11.8 Å². The van der Waals surface area contributed by atoms with Gasteiger partial charge in [-0.2, -0.15) is 0 Å². The van der Waals surface area contributed by atoms with E-state index in [4.69, 9.17) is 9.47 Å². The van der Waals surface area contributed by atoms with Gasteiger partial charge < -0.3 is 19.4 Å². The highest BCUT2D eigenvalue weighted by Gasteiger charge is 2.36. The van der Waals surface area contributed by atoms with Gasteiger partial charge in [0.05, 0.1) is 17.5 Å². The van der Waals surface area contributed by atoms with Crippen molar-refractivity contribution in [3.8, 4) is 5.75 Å². The SMILES string of the molecule is CCOC(=O)CN1C(=O)S/C(=C/c2ccccc2OCc2ccc(C(=O)[O-])cc2)C1=O. The first-order chi connectivity index (χ1) is 14.9. The van der Waals surface area contributed by atoms with E-state index in [0.717, 1.165) is 22.2 Å². The Balaban J connectivity index is 1.73. The molecule has 0 N–H and O–H groups in total. The number of hydrogen-bond donors (Lipinski definition) is 0. The number of amides is 2. The van der Waals surface area contributed by atoms with Gasteiger partial charge in [0.1, 0.15) is 18.9 Å². The van der Waals surface area contributed by atoms with E-state index in [2.05, 4.69) is 0 Å². The molecule has 1 aliphatic rings. The van der Waals surface area contributed by atoms with Gasteiger partial charge in [0.2, 0.25) is 0 Å². The van der Waals surface area contributed by atoms with Crippen LogP contribution in [0.3, 0.4) is 0 Å². The minimum Gasteiger partial charge on any atom is -0.545 e. The largest absolute Gasteiger partial charge is 0.545 e. The van der Waals surface area contributed by atoms with Gasteiger partial charge in [-0.05, 0) is 42.0 Å². The van der Waals surface area contributed by atoms with Gasteiger partial charge >= 0.3 is 5.97 Å². The average molecular weight is 440 g/mol. The van der Waals surface area contributed by atoms with Crippen LogP contribution in [0.4, 0.5) is 4.79 Å². The Hall–Kier alpha value is -3.59. The molecule has 0 atom stereocenters. The van der Waals surface area contributed by atoms with Crippen LogP contribution < -0.4 is 9.84 Å². The summed E-state index contributed by atoms with van der Waals surface area (Å²) >= 11 is 0.738. The van der Waals surface area contributed by atoms with Crippen molar-refractivity contribution < 1.29 is 33.8 Å². The molecule has 1 fully saturated rings. The number of benzene rings is 2. The van der Waals surface area contributed by atoms with Gasteiger partial charge in [-0.25, -0.2) is 0 Å². The van der Waals surface area contributed by atoms with E-state index in [1.54, 1.807) is 43.3 Å². The second-order valence-electron chi connectivity index (χ2n) is 6.38. The fraction of sp³-hybridized carbons (Fsp3) is 0.182. The monoisotopic (exact) mass is 440 g/mol. The second-order valence-corrected chi connectivity index (χ2v) is 7.38. The summed E-state index contributed by atoms with van der Waals surface area (Å²) in [5.41, 5.74) is 1.40. The normalized spacial score (nSPS) is 14.7. The molecule has 160 valence electrons. The Kier molecular flexibility index (Phi) is 7.09. The Morgan fingerprint density at radius 3 is 2.48 bits per heavy atom. The molecule has 0 spiro atoms. The predicted molar refractivity (Wildman–Crippen MR) is 111 cm³/mol. The van der Waals surface area contributed by atoms with E-state index in [-0.39, 0.29) is 23.7 Å². The summed E-state index contributed by atoms with van der Waals surface area (Å²) in [6, 6.07) is 13.1. The maximum atomic E-state index is 12.6. The van der Waals surface area contributed by atoms with E-state index in [9.17, 15) is 24.3 Å². The summed E-state index contributed by atoms with van der Waals surface area (Å²) < 4.78 is 10.6. The summed E-state index contributed by atoms with van der Waals surface area (Å²) in [6.45, 7) is 1.53. The number of thioether (sulfide) groups is 1. The molecule has 1 aliphatic heterocycles. The van der Waals surface area contributed by atoms with E-state index < -0.39 is 29.6 Å². The van der Waals surface area contributed by atoms with Crippen LogP contribution in [-0.2, 0) is 20.9 Å². The molecule has 0 bridgehead atoms. The third-order valence-corrected chi connectivity index (χ3v) is 5.16. The lowest BCUT2D eigenvalue weighted by atomic mass is 10.1. The van der Waals surface area contributed by atoms with Crippen LogP contribution in [-0.4, -0.2) is 41.1 Å². The number of ether oxygens (including phenoxy) is 2. The number of carbonyl (C=O) groups is 4. The molecule has 2 aromatic rings.